The SMILES string of the molecule is CCn1nc(C)cc1C(=O)Nc1nc2cc(C(N)=O)cc(OC)c2n1C/C=C/Cn1c(NC(=O)c2cc(C)nn2CC)nc2cc(C(N)=O)cc(OCCCOC(=O)[C@H](C)N)c21. The van der Waals surface area contributed by atoms with Gasteiger partial charge in [-0.2, -0.15) is 10.2 Å². The first-order chi connectivity index (χ1) is 29.6. The van der Waals surface area contributed by atoms with Gasteiger partial charge in [-0.25, -0.2) is 9.97 Å². The second kappa shape index (κ2) is 18.8. The molecule has 0 unspecified atom stereocenters. The van der Waals surface area contributed by atoms with Crippen molar-refractivity contribution >= 4 is 63.6 Å². The number of benzene rings is 2. The molecule has 62 heavy (non-hydrogen) atoms. The van der Waals surface area contributed by atoms with Gasteiger partial charge in [0.15, 0.2) is 0 Å². The number of ether oxygens (including phenoxy) is 3. The Hall–Kier alpha value is -7.55. The second-order valence-corrected chi connectivity index (χ2v) is 14.2. The highest BCUT2D eigenvalue weighted by Gasteiger charge is 2.24. The summed E-state index contributed by atoms with van der Waals surface area (Å²) in [5.41, 5.74) is 20.7. The van der Waals surface area contributed by atoms with Gasteiger partial charge in [0.05, 0.1) is 42.7 Å². The zero-order valence-electron chi connectivity index (χ0n) is 35.2. The van der Waals surface area contributed by atoms with Crippen molar-refractivity contribution in [2.24, 2.45) is 17.2 Å². The number of hydrogen-bond donors (Lipinski definition) is 5. The van der Waals surface area contributed by atoms with Crippen molar-refractivity contribution < 1.29 is 38.2 Å². The van der Waals surface area contributed by atoms with Crippen molar-refractivity contribution in [2.75, 3.05) is 31.0 Å². The maximum Gasteiger partial charge on any atom is 0.322 e. The molecule has 0 aliphatic carbocycles. The molecule has 0 radical (unpaired) electrons. The van der Waals surface area contributed by atoms with Gasteiger partial charge >= 0.3 is 5.97 Å². The number of nitrogens with zero attached hydrogens (tertiary/aromatic N) is 8. The Balaban J connectivity index is 1.39. The van der Waals surface area contributed by atoms with Crippen molar-refractivity contribution in [3.8, 4) is 11.5 Å². The van der Waals surface area contributed by atoms with Crippen LogP contribution < -0.4 is 37.3 Å². The molecule has 6 aromatic rings. The minimum atomic E-state index is -0.783. The maximum absolute atomic E-state index is 13.8. The summed E-state index contributed by atoms with van der Waals surface area (Å²) in [6, 6.07) is 8.53. The van der Waals surface area contributed by atoms with Crippen molar-refractivity contribution in [1.29, 1.82) is 0 Å². The van der Waals surface area contributed by atoms with E-state index >= 15 is 0 Å². The number of nitrogens with two attached hydrogens (primary N) is 3. The number of rotatable bonds is 19. The number of hydrogen-bond acceptors (Lipinski definition) is 13. The molecule has 0 saturated heterocycles. The lowest BCUT2D eigenvalue weighted by molar-refractivity contribution is -0.145. The number of primary amides is 2. The molecule has 2 aromatic carbocycles. The first kappa shape index (κ1) is 44.0. The molecule has 0 fully saturated rings. The van der Waals surface area contributed by atoms with E-state index in [-0.39, 0.29) is 55.1 Å². The summed E-state index contributed by atoms with van der Waals surface area (Å²) in [5.74, 6) is -2.11. The zero-order valence-corrected chi connectivity index (χ0v) is 35.2. The molecule has 0 saturated carbocycles. The summed E-state index contributed by atoms with van der Waals surface area (Å²) in [4.78, 5) is 73.4. The van der Waals surface area contributed by atoms with E-state index in [9.17, 15) is 24.0 Å². The average Bonchev–Trinajstić information content (AvgIpc) is 4.00. The van der Waals surface area contributed by atoms with Crippen LogP contribution in [0.5, 0.6) is 11.5 Å². The van der Waals surface area contributed by atoms with E-state index < -0.39 is 35.6 Å². The summed E-state index contributed by atoms with van der Waals surface area (Å²) >= 11 is 0. The highest BCUT2D eigenvalue weighted by atomic mass is 16.5. The van der Waals surface area contributed by atoms with Crippen LogP contribution in [-0.2, 0) is 35.7 Å². The Kier molecular flexibility index (Phi) is 13.3. The summed E-state index contributed by atoms with van der Waals surface area (Å²) < 4.78 is 23.6. The number of allylic oxidation sites excluding steroid dienone is 2. The predicted octanol–water partition coefficient (Wildman–Crippen LogP) is 3.06. The molecule has 21 nitrogen and oxygen atoms in total. The number of carbonyl (C=O) groups excluding carboxylic acids is 5. The summed E-state index contributed by atoms with van der Waals surface area (Å²) in [7, 11) is 1.44. The zero-order chi connectivity index (χ0) is 44.8. The molecule has 21 heteroatoms. The van der Waals surface area contributed by atoms with Crippen LogP contribution in [0.4, 0.5) is 11.9 Å². The number of anilines is 2. The smallest absolute Gasteiger partial charge is 0.322 e. The quantitative estimate of drug-likeness (QED) is 0.0446. The minimum Gasteiger partial charge on any atom is -0.494 e. The van der Waals surface area contributed by atoms with Crippen LogP contribution in [0.25, 0.3) is 22.1 Å². The van der Waals surface area contributed by atoms with Gasteiger partial charge in [-0.1, -0.05) is 12.2 Å². The summed E-state index contributed by atoms with van der Waals surface area (Å²) in [6.45, 7) is 10.1. The second-order valence-electron chi connectivity index (χ2n) is 14.2. The average molecular weight is 852 g/mol. The van der Waals surface area contributed by atoms with Crippen LogP contribution in [0.15, 0.2) is 48.6 Å². The van der Waals surface area contributed by atoms with Gasteiger partial charge in [-0.3, -0.25) is 44.0 Å². The fraction of sp³-hybridized carbons (Fsp3) is 0.341. The summed E-state index contributed by atoms with van der Waals surface area (Å²) in [6.07, 6.45) is 3.89. The number of nitrogens with one attached hydrogen (secondary N) is 2. The van der Waals surface area contributed by atoms with Gasteiger partial charge in [0, 0.05) is 43.7 Å². The van der Waals surface area contributed by atoms with Gasteiger partial charge in [-0.05, 0) is 71.0 Å². The van der Waals surface area contributed by atoms with Crippen molar-refractivity contribution in [3.63, 3.8) is 0 Å². The molecule has 0 aliphatic heterocycles. The van der Waals surface area contributed by atoms with E-state index in [2.05, 4.69) is 25.8 Å². The fourth-order valence-electron chi connectivity index (χ4n) is 6.73. The maximum atomic E-state index is 13.8. The van der Waals surface area contributed by atoms with Gasteiger partial charge < -0.3 is 40.5 Å². The van der Waals surface area contributed by atoms with Crippen molar-refractivity contribution in [3.05, 3.63) is 82.5 Å². The Morgan fingerprint density at radius 1 is 0.726 bits per heavy atom. The number of amides is 4. The minimum absolute atomic E-state index is 0.0365. The highest BCUT2D eigenvalue weighted by molar-refractivity contribution is 6.05. The number of imidazole rings is 2. The Morgan fingerprint density at radius 3 is 1.63 bits per heavy atom. The number of aryl methyl sites for hydroxylation is 4. The number of aromatic nitrogens is 8. The van der Waals surface area contributed by atoms with E-state index in [0.717, 1.165) is 0 Å². The topological polar surface area (TPSA) is 286 Å². The van der Waals surface area contributed by atoms with Crippen LogP contribution in [0.1, 0.15) is 80.3 Å². The lowest BCUT2D eigenvalue weighted by Crippen LogP contribution is -2.29. The van der Waals surface area contributed by atoms with Gasteiger partial charge in [0.25, 0.3) is 11.8 Å². The Labute approximate surface area is 355 Å². The summed E-state index contributed by atoms with van der Waals surface area (Å²) in [5, 5.41) is 14.6. The lowest BCUT2D eigenvalue weighted by Gasteiger charge is -2.13. The molecule has 0 spiro atoms. The third kappa shape index (κ3) is 9.41. The first-order valence-corrected chi connectivity index (χ1v) is 19.8. The van der Waals surface area contributed by atoms with E-state index in [1.165, 1.54) is 38.3 Å². The molecule has 4 aromatic heterocycles. The molecule has 8 N–H and O–H groups in total. The van der Waals surface area contributed by atoms with Gasteiger partial charge in [-0.15, -0.1) is 0 Å². The van der Waals surface area contributed by atoms with Crippen LogP contribution in [0, 0.1) is 13.8 Å². The molecular formula is C41H49N13O8. The molecular weight excluding hydrogens is 803 g/mol. The monoisotopic (exact) mass is 851 g/mol. The van der Waals surface area contributed by atoms with E-state index in [1.54, 1.807) is 56.6 Å². The van der Waals surface area contributed by atoms with E-state index in [1.807, 2.05) is 13.8 Å². The van der Waals surface area contributed by atoms with Crippen LogP contribution in [-0.4, -0.2) is 94.6 Å². The molecule has 0 aliphatic rings. The van der Waals surface area contributed by atoms with Gasteiger partial charge in [0.1, 0.15) is 40.0 Å². The predicted molar refractivity (Wildman–Crippen MR) is 228 cm³/mol. The van der Waals surface area contributed by atoms with Gasteiger partial charge in [0.2, 0.25) is 23.7 Å². The first-order valence-electron chi connectivity index (χ1n) is 19.8. The molecule has 0 bridgehead atoms. The Bertz CT molecular complexity index is 2720. The number of esters is 1. The van der Waals surface area contributed by atoms with Crippen molar-refractivity contribution in [1.82, 2.24) is 38.7 Å². The van der Waals surface area contributed by atoms with Crippen LogP contribution in [0.2, 0.25) is 0 Å². The largest absolute Gasteiger partial charge is 0.494 e. The molecule has 6 rings (SSSR count). The van der Waals surface area contributed by atoms with Crippen LogP contribution in [0.3, 0.4) is 0 Å². The normalized spacial score (nSPS) is 11.9. The van der Waals surface area contributed by atoms with Crippen molar-refractivity contribution in [2.45, 2.75) is 73.3 Å². The molecule has 4 amide bonds. The lowest BCUT2D eigenvalue weighted by atomic mass is 10.1. The third-order valence-corrected chi connectivity index (χ3v) is 9.63. The number of methoxy groups -OCH3 is 1. The Morgan fingerprint density at radius 2 is 1.19 bits per heavy atom. The standard InChI is InChI=1S/C41H49N13O8/c1-7-53-29(16-22(3)49-53)37(57)47-40-45-27-18-25(35(43)55)20-31(60-6)33(27)51(40)12-9-10-13-52-34-28(46-41(52)48-38(58)30-17-23(4)50-54(30)8-2)19-26(36(44)56)21-32(34)61-14-11-15-62-39(59)24(5)42/h9-10,16-21,24H,7-8,11-15,42H2,1-6H3,(H2,43,55)(H2,44,56)(H,45,47,57)(H,46,48,58)/b10-9+/t24-/m0/s1. The third-order valence-electron chi connectivity index (χ3n) is 9.63. The van der Waals surface area contributed by atoms with Crippen LogP contribution >= 0.6 is 0 Å². The highest BCUT2D eigenvalue weighted by Crippen LogP contribution is 2.33. The number of fused-ring (bicyclic) bond motifs is 2. The number of carbonyl (C=O) groups is 5. The molecule has 326 valence electrons. The van der Waals surface area contributed by atoms with E-state index in [0.29, 0.717) is 70.1 Å². The molecule has 1 atom stereocenters. The molecule has 4 heterocycles. The fourth-order valence-corrected chi connectivity index (χ4v) is 6.73. The van der Waals surface area contributed by atoms with E-state index in [4.69, 9.17) is 36.4 Å².